The lowest BCUT2D eigenvalue weighted by Crippen LogP contribution is -1.96. The maximum atomic E-state index is 5.85. The molecule has 0 radical (unpaired) electrons. The summed E-state index contributed by atoms with van der Waals surface area (Å²) in [5.41, 5.74) is 9.83. The highest BCUT2D eigenvalue weighted by Crippen LogP contribution is 2.25. The number of nitrogen functional groups attached to an aromatic ring is 1. The van der Waals surface area contributed by atoms with Crippen molar-refractivity contribution < 1.29 is 0 Å². The van der Waals surface area contributed by atoms with E-state index in [1.807, 2.05) is 49.4 Å². The SMILES string of the molecule is Cc1c(N)cccc1Nc1ccc(Br)cc1. The van der Waals surface area contributed by atoms with Crippen LogP contribution in [0.1, 0.15) is 5.56 Å². The lowest BCUT2D eigenvalue weighted by Gasteiger charge is -2.11. The van der Waals surface area contributed by atoms with E-state index in [2.05, 4.69) is 21.2 Å². The van der Waals surface area contributed by atoms with Crippen LogP contribution in [-0.4, -0.2) is 0 Å². The Labute approximate surface area is 104 Å². The Bertz CT molecular complexity index is 492. The molecule has 0 aliphatic carbocycles. The second kappa shape index (κ2) is 4.58. The lowest BCUT2D eigenvalue weighted by atomic mass is 10.1. The molecule has 2 rings (SSSR count). The Morgan fingerprint density at radius 1 is 1.06 bits per heavy atom. The van der Waals surface area contributed by atoms with Crippen molar-refractivity contribution in [3.8, 4) is 0 Å². The smallest absolute Gasteiger partial charge is 0.0434 e. The van der Waals surface area contributed by atoms with Crippen molar-refractivity contribution in [2.75, 3.05) is 11.1 Å². The number of benzene rings is 2. The van der Waals surface area contributed by atoms with Crippen LogP contribution in [0.4, 0.5) is 17.1 Å². The van der Waals surface area contributed by atoms with Crippen molar-refractivity contribution in [1.29, 1.82) is 0 Å². The number of rotatable bonds is 2. The van der Waals surface area contributed by atoms with Gasteiger partial charge in [-0.1, -0.05) is 22.0 Å². The van der Waals surface area contributed by atoms with E-state index in [9.17, 15) is 0 Å². The second-order valence-electron chi connectivity index (χ2n) is 3.65. The summed E-state index contributed by atoms with van der Waals surface area (Å²) < 4.78 is 1.07. The summed E-state index contributed by atoms with van der Waals surface area (Å²) in [6.07, 6.45) is 0. The van der Waals surface area contributed by atoms with Crippen molar-refractivity contribution >= 4 is 33.0 Å². The largest absolute Gasteiger partial charge is 0.398 e. The van der Waals surface area contributed by atoms with E-state index in [0.717, 1.165) is 27.1 Å². The van der Waals surface area contributed by atoms with E-state index in [1.54, 1.807) is 0 Å². The van der Waals surface area contributed by atoms with Crippen LogP contribution in [0.2, 0.25) is 0 Å². The van der Waals surface area contributed by atoms with Crippen molar-refractivity contribution in [1.82, 2.24) is 0 Å². The van der Waals surface area contributed by atoms with Crippen LogP contribution in [0.15, 0.2) is 46.9 Å². The molecule has 0 unspecified atom stereocenters. The minimum absolute atomic E-state index is 0.808. The highest BCUT2D eigenvalue weighted by molar-refractivity contribution is 9.10. The number of hydrogen-bond acceptors (Lipinski definition) is 2. The van der Waals surface area contributed by atoms with Crippen LogP contribution in [-0.2, 0) is 0 Å². The van der Waals surface area contributed by atoms with Crippen molar-refractivity contribution in [2.45, 2.75) is 6.92 Å². The predicted octanol–water partition coefficient (Wildman–Crippen LogP) is 4.08. The second-order valence-corrected chi connectivity index (χ2v) is 4.57. The zero-order valence-corrected chi connectivity index (χ0v) is 10.6. The first-order chi connectivity index (χ1) is 7.66. The van der Waals surface area contributed by atoms with Crippen LogP contribution in [0.5, 0.6) is 0 Å². The Balaban J connectivity index is 2.27. The molecule has 0 spiro atoms. The van der Waals surface area contributed by atoms with Gasteiger partial charge in [-0.15, -0.1) is 0 Å². The van der Waals surface area contributed by atoms with Gasteiger partial charge in [0, 0.05) is 21.5 Å². The molecule has 82 valence electrons. The van der Waals surface area contributed by atoms with Crippen LogP contribution in [0, 0.1) is 6.92 Å². The zero-order chi connectivity index (χ0) is 11.5. The summed E-state index contributed by atoms with van der Waals surface area (Å²) in [4.78, 5) is 0. The van der Waals surface area contributed by atoms with Gasteiger partial charge in [0.1, 0.15) is 0 Å². The normalized spacial score (nSPS) is 10.1. The van der Waals surface area contributed by atoms with Crippen LogP contribution >= 0.6 is 15.9 Å². The van der Waals surface area contributed by atoms with Gasteiger partial charge in [-0.2, -0.15) is 0 Å². The molecule has 3 heteroatoms. The number of nitrogens with one attached hydrogen (secondary N) is 1. The van der Waals surface area contributed by atoms with E-state index >= 15 is 0 Å². The molecule has 0 fully saturated rings. The number of anilines is 3. The first kappa shape index (κ1) is 11.0. The molecule has 2 aromatic rings. The topological polar surface area (TPSA) is 38.0 Å². The van der Waals surface area contributed by atoms with Crippen LogP contribution in [0.3, 0.4) is 0 Å². The Morgan fingerprint density at radius 3 is 2.44 bits per heavy atom. The molecular weight excluding hydrogens is 264 g/mol. The molecule has 0 bridgehead atoms. The molecule has 16 heavy (non-hydrogen) atoms. The molecule has 0 saturated carbocycles. The maximum absolute atomic E-state index is 5.85. The molecule has 0 aromatic heterocycles. The van der Waals surface area contributed by atoms with Gasteiger partial charge in [0.05, 0.1) is 0 Å². The minimum Gasteiger partial charge on any atom is -0.398 e. The molecule has 0 aliphatic heterocycles. The fourth-order valence-corrected chi connectivity index (χ4v) is 1.74. The van der Waals surface area contributed by atoms with Gasteiger partial charge < -0.3 is 11.1 Å². The van der Waals surface area contributed by atoms with E-state index in [-0.39, 0.29) is 0 Å². The maximum Gasteiger partial charge on any atom is 0.0434 e. The third-order valence-electron chi connectivity index (χ3n) is 2.50. The average molecular weight is 277 g/mol. The fraction of sp³-hybridized carbons (Fsp3) is 0.0769. The Kier molecular flexibility index (Phi) is 3.15. The molecule has 0 atom stereocenters. The highest BCUT2D eigenvalue weighted by Gasteiger charge is 2.01. The summed E-state index contributed by atoms with van der Waals surface area (Å²) in [7, 11) is 0. The fourth-order valence-electron chi connectivity index (χ4n) is 1.48. The standard InChI is InChI=1S/C13H13BrN2/c1-9-12(15)3-2-4-13(9)16-11-7-5-10(14)6-8-11/h2-8,16H,15H2,1H3. The summed E-state index contributed by atoms with van der Waals surface area (Å²) in [6, 6.07) is 13.9. The van der Waals surface area contributed by atoms with E-state index in [0.29, 0.717) is 0 Å². The minimum atomic E-state index is 0.808. The molecule has 2 aromatic carbocycles. The Morgan fingerprint density at radius 2 is 1.75 bits per heavy atom. The molecule has 0 aliphatic rings. The van der Waals surface area contributed by atoms with Gasteiger partial charge in [0.2, 0.25) is 0 Å². The molecule has 3 N–H and O–H groups in total. The predicted molar refractivity (Wildman–Crippen MR) is 73.0 cm³/mol. The quantitative estimate of drug-likeness (QED) is 0.811. The van der Waals surface area contributed by atoms with Crippen LogP contribution in [0.25, 0.3) is 0 Å². The first-order valence-corrected chi connectivity index (χ1v) is 5.84. The lowest BCUT2D eigenvalue weighted by molar-refractivity contribution is 1.43. The summed E-state index contributed by atoms with van der Waals surface area (Å²) in [6.45, 7) is 2.01. The monoisotopic (exact) mass is 276 g/mol. The van der Waals surface area contributed by atoms with Gasteiger partial charge >= 0.3 is 0 Å². The van der Waals surface area contributed by atoms with Gasteiger partial charge in [-0.05, 0) is 48.9 Å². The third-order valence-corrected chi connectivity index (χ3v) is 3.03. The highest BCUT2D eigenvalue weighted by atomic mass is 79.9. The van der Waals surface area contributed by atoms with E-state index < -0.39 is 0 Å². The molecule has 0 heterocycles. The van der Waals surface area contributed by atoms with Crippen molar-refractivity contribution in [2.24, 2.45) is 0 Å². The summed E-state index contributed by atoms with van der Waals surface area (Å²) in [5, 5.41) is 3.34. The molecule has 0 saturated heterocycles. The van der Waals surface area contributed by atoms with Gasteiger partial charge in [-0.3, -0.25) is 0 Å². The average Bonchev–Trinajstić information content (AvgIpc) is 2.28. The zero-order valence-electron chi connectivity index (χ0n) is 9.00. The number of halogens is 1. The van der Waals surface area contributed by atoms with Crippen molar-refractivity contribution in [3.63, 3.8) is 0 Å². The van der Waals surface area contributed by atoms with Gasteiger partial charge in [-0.25, -0.2) is 0 Å². The van der Waals surface area contributed by atoms with Gasteiger partial charge in [0.25, 0.3) is 0 Å². The van der Waals surface area contributed by atoms with Gasteiger partial charge in [0.15, 0.2) is 0 Å². The van der Waals surface area contributed by atoms with Crippen molar-refractivity contribution in [3.05, 3.63) is 52.5 Å². The number of nitrogens with two attached hydrogens (primary N) is 1. The number of hydrogen-bond donors (Lipinski definition) is 2. The third kappa shape index (κ3) is 2.36. The molecular formula is C13H13BrN2. The Hall–Kier alpha value is -1.48. The van der Waals surface area contributed by atoms with Crippen LogP contribution < -0.4 is 11.1 Å². The summed E-state index contributed by atoms with van der Waals surface area (Å²) in [5.74, 6) is 0. The molecule has 0 amide bonds. The molecule has 2 nitrogen and oxygen atoms in total. The summed E-state index contributed by atoms with van der Waals surface area (Å²) >= 11 is 3.41. The van der Waals surface area contributed by atoms with E-state index in [1.165, 1.54) is 0 Å². The van der Waals surface area contributed by atoms with E-state index in [4.69, 9.17) is 5.73 Å². The first-order valence-electron chi connectivity index (χ1n) is 5.04.